The first kappa shape index (κ1) is 25.8. The lowest BCUT2D eigenvalue weighted by Gasteiger charge is -2.25. The lowest BCUT2D eigenvalue weighted by Crippen LogP contribution is -2.40. The number of hydrogen-bond donors (Lipinski definition) is 0. The second kappa shape index (κ2) is 10.8. The monoisotopic (exact) mass is 523 g/mol. The maximum atomic E-state index is 13.7. The van der Waals surface area contributed by atoms with Gasteiger partial charge in [-0.3, -0.25) is 19.5 Å². The topological polar surface area (TPSA) is 122 Å². The molecule has 2 heterocycles. The summed E-state index contributed by atoms with van der Waals surface area (Å²) < 4.78 is 18.2. The molecular formula is C26H25N3O7S. The predicted octanol–water partition coefficient (Wildman–Crippen LogP) is 3.11. The summed E-state index contributed by atoms with van der Waals surface area (Å²) in [5, 5.41) is 11.2. The molecule has 0 amide bonds. The molecule has 1 aliphatic rings. The van der Waals surface area contributed by atoms with Gasteiger partial charge in [-0.05, 0) is 50.1 Å². The Balaban J connectivity index is 1.95. The van der Waals surface area contributed by atoms with E-state index in [1.807, 2.05) is 6.92 Å². The molecule has 1 aromatic heterocycles. The molecule has 0 radical (unpaired) electrons. The number of nitro groups is 1. The Morgan fingerprint density at radius 2 is 1.97 bits per heavy atom. The van der Waals surface area contributed by atoms with Gasteiger partial charge in [0.2, 0.25) is 0 Å². The summed E-state index contributed by atoms with van der Waals surface area (Å²) in [5.74, 6) is 0.413. The quantitative estimate of drug-likeness (QED) is 0.253. The number of benzene rings is 2. The summed E-state index contributed by atoms with van der Waals surface area (Å²) in [6, 6.07) is 10.4. The van der Waals surface area contributed by atoms with Crippen molar-refractivity contribution < 1.29 is 23.9 Å². The minimum atomic E-state index is -0.827. The van der Waals surface area contributed by atoms with Crippen LogP contribution in [0.4, 0.5) is 5.69 Å². The number of thiazole rings is 1. The Hall–Kier alpha value is -4.25. The number of allylic oxidation sites excluding steroid dienone is 1. The average Bonchev–Trinajstić information content (AvgIpc) is 3.18. The van der Waals surface area contributed by atoms with Crippen LogP contribution in [0.5, 0.6) is 11.5 Å². The maximum Gasteiger partial charge on any atom is 0.338 e. The van der Waals surface area contributed by atoms with E-state index in [0.717, 1.165) is 11.3 Å². The predicted molar refractivity (Wildman–Crippen MR) is 138 cm³/mol. The summed E-state index contributed by atoms with van der Waals surface area (Å²) >= 11 is 1.14. The van der Waals surface area contributed by atoms with E-state index < -0.39 is 16.9 Å². The fourth-order valence-electron chi connectivity index (χ4n) is 4.12. The van der Waals surface area contributed by atoms with Crippen LogP contribution in [0.1, 0.15) is 37.9 Å². The molecule has 0 bridgehead atoms. The van der Waals surface area contributed by atoms with Crippen molar-refractivity contribution in [3.05, 3.63) is 94.7 Å². The molecule has 0 spiro atoms. The molecule has 192 valence electrons. The number of hydrogen-bond acceptors (Lipinski definition) is 9. The Morgan fingerprint density at radius 1 is 1.19 bits per heavy atom. The normalized spacial score (nSPS) is 15.1. The van der Waals surface area contributed by atoms with Crippen molar-refractivity contribution in [2.24, 2.45) is 4.99 Å². The molecule has 2 aromatic carbocycles. The van der Waals surface area contributed by atoms with Gasteiger partial charge >= 0.3 is 5.97 Å². The van der Waals surface area contributed by atoms with Gasteiger partial charge in [0.1, 0.15) is 0 Å². The SMILES string of the molecule is CCOC(=O)C1=C(C)N=c2s/c(=C\c3cccc([N+](=O)[O-])c3)c(=O)n2C1c1ccc(OCC)c(OC)c1. The fourth-order valence-corrected chi connectivity index (χ4v) is 5.16. The van der Waals surface area contributed by atoms with Gasteiger partial charge in [0.05, 0.1) is 47.1 Å². The van der Waals surface area contributed by atoms with Gasteiger partial charge in [0.25, 0.3) is 11.2 Å². The Labute approximate surface area is 215 Å². The van der Waals surface area contributed by atoms with Gasteiger partial charge in [0, 0.05) is 12.1 Å². The highest BCUT2D eigenvalue weighted by molar-refractivity contribution is 7.07. The zero-order valence-corrected chi connectivity index (χ0v) is 21.5. The van der Waals surface area contributed by atoms with Crippen LogP contribution < -0.4 is 24.4 Å². The molecule has 0 saturated heterocycles. The van der Waals surface area contributed by atoms with Crippen molar-refractivity contribution in [3.8, 4) is 11.5 Å². The Bertz CT molecular complexity index is 1590. The third-order valence-corrected chi connectivity index (χ3v) is 6.68. The number of carbonyl (C=O) groups excluding carboxylic acids is 1. The largest absolute Gasteiger partial charge is 0.493 e. The molecule has 0 N–H and O–H groups in total. The number of esters is 1. The van der Waals surface area contributed by atoms with Crippen LogP contribution in [0.25, 0.3) is 6.08 Å². The third-order valence-electron chi connectivity index (χ3n) is 5.70. The summed E-state index contributed by atoms with van der Waals surface area (Å²) in [4.78, 5) is 42.4. The highest BCUT2D eigenvalue weighted by atomic mass is 32.1. The van der Waals surface area contributed by atoms with E-state index >= 15 is 0 Å². The number of nitro benzene ring substituents is 1. The van der Waals surface area contributed by atoms with Crippen LogP contribution in [0.15, 0.2) is 63.5 Å². The molecule has 37 heavy (non-hydrogen) atoms. The molecule has 0 aliphatic carbocycles. The second-order valence-corrected chi connectivity index (χ2v) is 9.01. The third kappa shape index (κ3) is 5.03. The van der Waals surface area contributed by atoms with Gasteiger partial charge in [-0.1, -0.05) is 29.5 Å². The highest BCUT2D eigenvalue weighted by Crippen LogP contribution is 2.36. The number of rotatable bonds is 8. The van der Waals surface area contributed by atoms with Crippen LogP contribution in [-0.4, -0.2) is 35.8 Å². The number of nitrogens with zero attached hydrogens (tertiary/aromatic N) is 3. The van der Waals surface area contributed by atoms with Gasteiger partial charge in [-0.25, -0.2) is 9.79 Å². The van der Waals surface area contributed by atoms with E-state index in [4.69, 9.17) is 14.2 Å². The minimum absolute atomic E-state index is 0.0821. The van der Waals surface area contributed by atoms with E-state index in [1.54, 1.807) is 50.3 Å². The van der Waals surface area contributed by atoms with Crippen molar-refractivity contribution in [1.29, 1.82) is 0 Å². The lowest BCUT2D eigenvalue weighted by molar-refractivity contribution is -0.384. The fraction of sp³-hybridized carbons (Fsp3) is 0.269. The van der Waals surface area contributed by atoms with Crippen LogP contribution in [0.3, 0.4) is 0 Å². The van der Waals surface area contributed by atoms with E-state index in [1.165, 1.54) is 23.8 Å². The molecular weight excluding hydrogens is 498 g/mol. The molecule has 0 saturated carbocycles. The molecule has 1 atom stereocenters. The van der Waals surface area contributed by atoms with Crippen LogP contribution in [0, 0.1) is 10.1 Å². The smallest absolute Gasteiger partial charge is 0.338 e. The number of carbonyl (C=O) groups is 1. The first-order chi connectivity index (χ1) is 17.8. The van der Waals surface area contributed by atoms with Crippen molar-refractivity contribution in [2.45, 2.75) is 26.8 Å². The van der Waals surface area contributed by atoms with Crippen molar-refractivity contribution >= 4 is 29.1 Å². The first-order valence-corrected chi connectivity index (χ1v) is 12.4. The molecule has 1 aliphatic heterocycles. The molecule has 10 nitrogen and oxygen atoms in total. The Kier molecular flexibility index (Phi) is 7.53. The first-order valence-electron chi connectivity index (χ1n) is 11.5. The Morgan fingerprint density at radius 3 is 2.65 bits per heavy atom. The number of methoxy groups -OCH3 is 1. The van der Waals surface area contributed by atoms with Crippen LogP contribution in [0.2, 0.25) is 0 Å². The number of fused-ring (bicyclic) bond motifs is 1. The summed E-state index contributed by atoms with van der Waals surface area (Å²) in [5.41, 5.74) is 1.31. The molecule has 3 aromatic rings. The van der Waals surface area contributed by atoms with Crippen LogP contribution >= 0.6 is 11.3 Å². The number of ether oxygens (including phenoxy) is 3. The zero-order valence-electron chi connectivity index (χ0n) is 20.7. The molecule has 1 unspecified atom stereocenters. The summed E-state index contributed by atoms with van der Waals surface area (Å²) in [7, 11) is 1.51. The molecule has 11 heteroatoms. The summed E-state index contributed by atoms with van der Waals surface area (Å²) in [6.07, 6.45) is 1.58. The van der Waals surface area contributed by atoms with Crippen LogP contribution in [-0.2, 0) is 9.53 Å². The van der Waals surface area contributed by atoms with E-state index in [9.17, 15) is 19.7 Å². The zero-order chi connectivity index (χ0) is 26.7. The number of non-ortho nitro benzene ring substituents is 1. The van der Waals surface area contributed by atoms with Gasteiger partial charge in [-0.2, -0.15) is 0 Å². The maximum absolute atomic E-state index is 13.7. The summed E-state index contributed by atoms with van der Waals surface area (Å²) in [6.45, 7) is 5.86. The van der Waals surface area contributed by atoms with Gasteiger partial charge in [-0.15, -0.1) is 0 Å². The molecule has 0 fully saturated rings. The minimum Gasteiger partial charge on any atom is -0.493 e. The average molecular weight is 524 g/mol. The number of aromatic nitrogens is 1. The molecule has 4 rings (SSSR count). The van der Waals surface area contributed by atoms with Gasteiger partial charge in [0.15, 0.2) is 16.3 Å². The highest BCUT2D eigenvalue weighted by Gasteiger charge is 2.34. The van der Waals surface area contributed by atoms with Crippen molar-refractivity contribution in [2.75, 3.05) is 20.3 Å². The van der Waals surface area contributed by atoms with E-state index in [0.29, 0.717) is 44.3 Å². The van der Waals surface area contributed by atoms with Gasteiger partial charge < -0.3 is 14.2 Å². The second-order valence-electron chi connectivity index (χ2n) is 8.00. The van der Waals surface area contributed by atoms with E-state index in [2.05, 4.69) is 4.99 Å². The van der Waals surface area contributed by atoms with E-state index in [-0.39, 0.29) is 23.4 Å². The standard InChI is InChI=1S/C26H25N3O7S/c1-5-35-19-11-10-17(14-20(19)34-4)23-22(25(31)36-6-2)15(3)27-26-28(23)24(30)21(37-26)13-16-8-7-9-18(12-16)29(32)33/h7-14,23H,5-6H2,1-4H3/b21-13-. The van der Waals surface area contributed by atoms with Crippen molar-refractivity contribution in [1.82, 2.24) is 4.57 Å². The van der Waals surface area contributed by atoms with Crippen molar-refractivity contribution in [3.63, 3.8) is 0 Å². The lowest BCUT2D eigenvalue weighted by atomic mass is 9.95.